The van der Waals surface area contributed by atoms with E-state index in [9.17, 15) is 14.0 Å². The molecular formula is C21H22FN3O4S. The zero-order chi connectivity index (χ0) is 21.8. The number of amides is 2. The summed E-state index contributed by atoms with van der Waals surface area (Å²) in [5.41, 5.74) is 0.894. The number of anilines is 1. The highest BCUT2D eigenvalue weighted by Gasteiger charge is 2.26. The van der Waals surface area contributed by atoms with Crippen LogP contribution in [0.15, 0.2) is 36.4 Å². The summed E-state index contributed by atoms with van der Waals surface area (Å²) in [5, 5.41) is 5.81. The highest BCUT2D eigenvalue weighted by Crippen LogP contribution is 2.27. The highest BCUT2D eigenvalue weighted by molar-refractivity contribution is 7.22. The minimum absolute atomic E-state index is 0.187. The van der Waals surface area contributed by atoms with Gasteiger partial charge in [0, 0.05) is 11.6 Å². The molecule has 3 aromatic rings. The molecule has 0 aliphatic heterocycles. The lowest BCUT2D eigenvalue weighted by Crippen LogP contribution is -2.47. The van der Waals surface area contributed by atoms with Crippen LogP contribution in [0.4, 0.5) is 9.52 Å². The summed E-state index contributed by atoms with van der Waals surface area (Å²) in [6.07, 6.45) is 0. The van der Waals surface area contributed by atoms with Crippen LogP contribution >= 0.6 is 11.3 Å². The lowest BCUT2D eigenvalue weighted by molar-refractivity contribution is -0.118. The number of hydrogen-bond donors (Lipinski definition) is 2. The van der Waals surface area contributed by atoms with E-state index in [0.29, 0.717) is 32.4 Å². The molecule has 0 saturated heterocycles. The molecule has 0 bridgehead atoms. The molecule has 0 saturated carbocycles. The molecule has 0 aliphatic carbocycles. The van der Waals surface area contributed by atoms with Crippen molar-refractivity contribution in [1.29, 1.82) is 0 Å². The third kappa shape index (κ3) is 4.85. The van der Waals surface area contributed by atoms with E-state index >= 15 is 0 Å². The van der Waals surface area contributed by atoms with Gasteiger partial charge in [0.1, 0.15) is 23.4 Å². The van der Waals surface area contributed by atoms with Gasteiger partial charge in [-0.25, -0.2) is 9.37 Å². The average molecular weight is 431 g/mol. The monoisotopic (exact) mass is 431 g/mol. The summed E-state index contributed by atoms with van der Waals surface area (Å²) >= 11 is 1.17. The van der Waals surface area contributed by atoms with Gasteiger partial charge in [-0.2, -0.15) is 0 Å². The van der Waals surface area contributed by atoms with Crippen molar-refractivity contribution in [3.63, 3.8) is 0 Å². The number of rotatable bonds is 7. The molecule has 0 unspecified atom stereocenters. The number of benzene rings is 2. The lowest BCUT2D eigenvalue weighted by Gasteiger charge is -2.21. The van der Waals surface area contributed by atoms with Crippen molar-refractivity contribution in [2.24, 2.45) is 5.92 Å². The van der Waals surface area contributed by atoms with Crippen molar-refractivity contribution >= 4 is 38.5 Å². The summed E-state index contributed by atoms with van der Waals surface area (Å²) in [4.78, 5) is 29.9. The van der Waals surface area contributed by atoms with Crippen molar-refractivity contribution in [2.45, 2.75) is 19.9 Å². The van der Waals surface area contributed by atoms with Crippen LogP contribution in [-0.4, -0.2) is 37.1 Å². The van der Waals surface area contributed by atoms with Gasteiger partial charge in [-0.15, -0.1) is 0 Å². The van der Waals surface area contributed by atoms with Crippen LogP contribution < -0.4 is 20.1 Å². The Balaban J connectivity index is 1.77. The zero-order valence-corrected chi connectivity index (χ0v) is 17.8. The number of thiazole rings is 1. The van der Waals surface area contributed by atoms with Crippen LogP contribution in [0.3, 0.4) is 0 Å². The summed E-state index contributed by atoms with van der Waals surface area (Å²) in [6.45, 7) is 3.65. The first kappa shape index (κ1) is 21.5. The minimum Gasteiger partial charge on any atom is -0.497 e. The Kier molecular flexibility index (Phi) is 6.51. The molecule has 0 radical (unpaired) electrons. The molecule has 1 aromatic heterocycles. The minimum atomic E-state index is -0.807. The maximum absolute atomic E-state index is 13.4. The fourth-order valence-corrected chi connectivity index (χ4v) is 3.73. The largest absolute Gasteiger partial charge is 0.497 e. The maximum atomic E-state index is 13.4. The predicted octanol–water partition coefficient (Wildman–Crippen LogP) is 3.85. The third-order valence-corrected chi connectivity index (χ3v) is 5.36. The van der Waals surface area contributed by atoms with E-state index in [2.05, 4.69) is 15.6 Å². The molecule has 3 rings (SSSR count). The first-order valence-corrected chi connectivity index (χ1v) is 10.0. The molecule has 7 nitrogen and oxygen atoms in total. The van der Waals surface area contributed by atoms with Crippen LogP contribution in [-0.2, 0) is 4.79 Å². The number of carbonyl (C=O) groups excluding carboxylic acids is 2. The normalized spacial score (nSPS) is 11.9. The van der Waals surface area contributed by atoms with Gasteiger partial charge in [0.15, 0.2) is 5.13 Å². The second kappa shape index (κ2) is 9.08. The Morgan fingerprint density at radius 2 is 1.73 bits per heavy atom. The fourth-order valence-electron chi connectivity index (χ4n) is 2.83. The maximum Gasteiger partial charge on any atom is 0.252 e. The molecule has 0 spiro atoms. The number of methoxy groups -OCH3 is 2. The fraction of sp³-hybridized carbons (Fsp3) is 0.286. The summed E-state index contributed by atoms with van der Waals surface area (Å²) in [6, 6.07) is 8.20. The topological polar surface area (TPSA) is 89.5 Å². The molecule has 1 heterocycles. The first-order chi connectivity index (χ1) is 14.3. The third-order valence-electron chi connectivity index (χ3n) is 4.43. The van der Waals surface area contributed by atoms with Gasteiger partial charge in [-0.05, 0) is 36.2 Å². The summed E-state index contributed by atoms with van der Waals surface area (Å²) < 4.78 is 24.4. The predicted molar refractivity (Wildman–Crippen MR) is 114 cm³/mol. The Hall–Kier alpha value is -3.20. The van der Waals surface area contributed by atoms with E-state index in [4.69, 9.17) is 9.47 Å². The average Bonchev–Trinajstić information content (AvgIpc) is 3.11. The van der Waals surface area contributed by atoms with Gasteiger partial charge in [0.05, 0.1) is 24.4 Å². The Labute approximate surface area is 177 Å². The number of aromatic nitrogens is 1. The van der Waals surface area contributed by atoms with Crippen LogP contribution in [0.5, 0.6) is 11.5 Å². The van der Waals surface area contributed by atoms with Crippen LogP contribution in [0, 0.1) is 11.7 Å². The van der Waals surface area contributed by atoms with Crippen molar-refractivity contribution in [3.8, 4) is 11.5 Å². The quantitative estimate of drug-likeness (QED) is 0.593. The van der Waals surface area contributed by atoms with E-state index < -0.39 is 17.9 Å². The van der Waals surface area contributed by atoms with E-state index in [-0.39, 0.29) is 11.7 Å². The van der Waals surface area contributed by atoms with Crippen molar-refractivity contribution < 1.29 is 23.5 Å². The number of hydrogen-bond acceptors (Lipinski definition) is 6. The van der Waals surface area contributed by atoms with Crippen LogP contribution in [0.1, 0.15) is 24.2 Å². The van der Waals surface area contributed by atoms with Gasteiger partial charge >= 0.3 is 0 Å². The Morgan fingerprint density at radius 1 is 1.07 bits per heavy atom. The molecule has 1 atom stereocenters. The summed E-state index contributed by atoms with van der Waals surface area (Å²) in [7, 11) is 2.98. The number of carbonyl (C=O) groups is 2. The van der Waals surface area contributed by atoms with Gasteiger partial charge in [0.25, 0.3) is 5.91 Å². The molecule has 30 heavy (non-hydrogen) atoms. The molecule has 0 fully saturated rings. The van der Waals surface area contributed by atoms with Gasteiger partial charge in [-0.1, -0.05) is 25.2 Å². The smallest absolute Gasteiger partial charge is 0.252 e. The second-order valence-electron chi connectivity index (χ2n) is 6.92. The molecule has 2 amide bonds. The van der Waals surface area contributed by atoms with E-state index in [1.165, 1.54) is 37.7 Å². The van der Waals surface area contributed by atoms with E-state index in [1.54, 1.807) is 24.3 Å². The first-order valence-electron chi connectivity index (χ1n) is 9.21. The molecule has 2 aromatic carbocycles. The SMILES string of the molecule is COc1cc(OC)cc(C(=O)N[C@H](C(=O)Nc2nc3ccc(F)cc3s2)C(C)C)c1. The summed E-state index contributed by atoms with van der Waals surface area (Å²) in [5.74, 6) is -0.475. The molecule has 158 valence electrons. The molecule has 9 heteroatoms. The van der Waals surface area contributed by atoms with Gasteiger partial charge in [0.2, 0.25) is 5.91 Å². The van der Waals surface area contributed by atoms with E-state index in [0.717, 1.165) is 0 Å². The highest BCUT2D eigenvalue weighted by atomic mass is 32.1. The van der Waals surface area contributed by atoms with Crippen molar-refractivity contribution in [3.05, 3.63) is 47.8 Å². The van der Waals surface area contributed by atoms with Crippen LogP contribution in [0.2, 0.25) is 0 Å². The van der Waals surface area contributed by atoms with Crippen molar-refractivity contribution in [1.82, 2.24) is 10.3 Å². The number of nitrogens with zero attached hydrogens (tertiary/aromatic N) is 1. The lowest BCUT2D eigenvalue weighted by atomic mass is 10.0. The number of ether oxygens (including phenoxy) is 2. The number of fused-ring (bicyclic) bond motifs is 1. The zero-order valence-electron chi connectivity index (χ0n) is 17.0. The Morgan fingerprint density at radius 3 is 2.33 bits per heavy atom. The van der Waals surface area contributed by atoms with Crippen molar-refractivity contribution in [2.75, 3.05) is 19.5 Å². The van der Waals surface area contributed by atoms with E-state index in [1.807, 2.05) is 13.8 Å². The Bertz CT molecular complexity index is 1060. The van der Waals surface area contributed by atoms with Gasteiger partial charge in [-0.3, -0.25) is 9.59 Å². The molecule has 2 N–H and O–H groups in total. The van der Waals surface area contributed by atoms with Gasteiger partial charge < -0.3 is 20.1 Å². The second-order valence-corrected chi connectivity index (χ2v) is 7.95. The number of halogens is 1. The standard InChI is InChI=1S/C21H22FN3O4S/c1-11(2)18(24-19(26)12-7-14(28-3)10-15(8-12)29-4)20(27)25-21-23-16-6-5-13(22)9-17(16)30-21/h5-11,18H,1-4H3,(H,24,26)(H,23,25,27)/t18-/m0/s1. The number of nitrogens with one attached hydrogen (secondary N) is 2. The molecule has 0 aliphatic rings. The van der Waals surface area contributed by atoms with Crippen LogP contribution in [0.25, 0.3) is 10.2 Å². The molecular weight excluding hydrogens is 409 g/mol.